The molecule has 0 spiro atoms. The summed E-state index contributed by atoms with van der Waals surface area (Å²) in [6.07, 6.45) is 2.57. The molecule has 2 amide bonds. The summed E-state index contributed by atoms with van der Waals surface area (Å²) in [4.78, 5) is 55.5. The van der Waals surface area contributed by atoms with Crippen molar-refractivity contribution in [1.82, 2.24) is 19.6 Å². The molecule has 2 aliphatic rings. The van der Waals surface area contributed by atoms with Crippen LogP contribution in [0.15, 0.2) is 42.6 Å². The summed E-state index contributed by atoms with van der Waals surface area (Å²) >= 11 is 5.95. The summed E-state index contributed by atoms with van der Waals surface area (Å²) in [5.41, 5.74) is 0.776. The fraction of sp³-hybridized carbons (Fsp3) is 0.320. The van der Waals surface area contributed by atoms with Crippen LogP contribution in [0.3, 0.4) is 0 Å². The van der Waals surface area contributed by atoms with Crippen LogP contribution in [0.4, 0.5) is 4.48 Å². The zero-order valence-corrected chi connectivity index (χ0v) is 20.0. The molecule has 1 N–H and O–H groups in total. The van der Waals surface area contributed by atoms with Gasteiger partial charge < -0.3 is 14.6 Å². The third kappa shape index (κ3) is 4.32. The van der Waals surface area contributed by atoms with Gasteiger partial charge in [0.2, 0.25) is 5.91 Å². The Kier molecular flexibility index (Phi) is 5.99. The van der Waals surface area contributed by atoms with Crippen LogP contribution in [0.2, 0.25) is 5.02 Å². The van der Waals surface area contributed by atoms with Crippen LogP contribution in [0.1, 0.15) is 46.2 Å². The van der Waals surface area contributed by atoms with Crippen molar-refractivity contribution in [3.05, 3.63) is 64.4 Å². The molecule has 1 saturated heterocycles. The van der Waals surface area contributed by atoms with Crippen LogP contribution in [0.25, 0.3) is 11.0 Å². The quantitative estimate of drug-likeness (QED) is 0.383. The molecule has 0 bridgehead atoms. The van der Waals surface area contributed by atoms with E-state index in [0.29, 0.717) is 28.0 Å². The minimum atomic E-state index is -1.24. The van der Waals surface area contributed by atoms with Gasteiger partial charge in [0.1, 0.15) is 18.2 Å². The maximum atomic E-state index is 14.9. The van der Waals surface area contributed by atoms with Crippen molar-refractivity contribution < 1.29 is 28.8 Å². The highest BCUT2D eigenvalue weighted by Gasteiger charge is 2.56. The molecule has 1 saturated carbocycles. The van der Waals surface area contributed by atoms with Gasteiger partial charge >= 0.3 is 5.97 Å². The van der Waals surface area contributed by atoms with Gasteiger partial charge in [0, 0.05) is 28.2 Å². The smallest absolute Gasteiger partial charge is 0.354 e. The van der Waals surface area contributed by atoms with Crippen LogP contribution in [0, 0.1) is 5.92 Å². The lowest BCUT2D eigenvalue weighted by molar-refractivity contribution is -0.157. The number of nitrogens with zero attached hydrogens (tertiary/aromatic N) is 4. The lowest BCUT2D eigenvalue weighted by atomic mass is 10.1. The minimum Gasteiger partial charge on any atom is -0.477 e. The summed E-state index contributed by atoms with van der Waals surface area (Å²) < 4.78 is 16.3. The molecule has 186 valence electrons. The van der Waals surface area contributed by atoms with Gasteiger partial charge in [-0.3, -0.25) is 14.4 Å². The van der Waals surface area contributed by atoms with Gasteiger partial charge in [0.05, 0.1) is 6.54 Å². The molecule has 1 aliphatic heterocycles. The molecule has 1 aliphatic carbocycles. The number of piperidine rings is 1. The van der Waals surface area contributed by atoms with Crippen molar-refractivity contribution in [2.24, 2.45) is 5.92 Å². The van der Waals surface area contributed by atoms with E-state index < -0.39 is 23.8 Å². The number of halogens is 2. The Morgan fingerprint density at radius 3 is 2.67 bits per heavy atom. The number of aromatic carboxylic acids is 1. The minimum absolute atomic E-state index is 0.112. The van der Waals surface area contributed by atoms with Gasteiger partial charge in [-0.2, -0.15) is 5.12 Å². The summed E-state index contributed by atoms with van der Waals surface area (Å²) in [6, 6.07) is 8.22. The van der Waals surface area contributed by atoms with E-state index in [9.17, 15) is 28.8 Å². The van der Waals surface area contributed by atoms with Crippen molar-refractivity contribution in [3.63, 3.8) is 0 Å². The van der Waals surface area contributed by atoms with Crippen LogP contribution in [-0.4, -0.2) is 60.3 Å². The van der Waals surface area contributed by atoms with E-state index in [4.69, 9.17) is 11.6 Å². The highest BCUT2D eigenvalue weighted by Crippen LogP contribution is 2.48. The van der Waals surface area contributed by atoms with Gasteiger partial charge in [-0.15, -0.1) is 0 Å². The molecular formula is C25H22ClFN4O5. The predicted molar refractivity (Wildman–Crippen MR) is 127 cm³/mol. The molecule has 9 nitrogen and oxygen atoms in total. The first-order valence-corrected chi connectivity index (χ1v) is 11.8. The van der Waals surface area contributed by atoms with Crippen LogP contribution < -0.4 is 0 Å². The third-order valence-electron chi connectivity index (χ3n) is 6.75. The molecule has 2 aromatic heterocycles. The number of Topliss-reactive ketones (excluding diaryl/α,β-unsaturated/α-hetero) is 1. The normalized spacial score (nSPS) is 20.3. The molecule has 5 rings (SSSR count). The number of aromatic nitrogens is 2. The number of carbonyl (C=O) groups is 4. The number of hydrogen-bond acceptors (Lipinski definition) is 5. The average Bonchev–Trinajstić information content (AvgIpc) is 3.34. The maximum Gasteiger partial charge on any atom is 0.354 e. The largest absolute Gasteiger partial charge is 0.477 e. The summed E-state index contributed by atoms with van der Waals surface area (Å²) in [5, 5.41) is 10.3. The Bertz CT molecular complexity index is 1420. The van der Waals surface area contributed by atoms with E-state index in [0.717, 1.165) is 6.42 Å². The van der Waals surface area contributed by atoms with Crippen molar-refractivity contribution in [1.29, 1.82) is 0 Å². The molecular weight excluding hydrogens is 491 g/mol. The van der Waals surface area contributed by atoms with E-state index in [-0.39, 0.29) is 47.3 Å². The zero-order chi connectivity index (χ0) is 25.7. The number of hydrogen-bond donors (Lipinski definition) is 1. The lowest BCUT2D eigenvalue weighted by Gasteiger charge is -2.28. The summed E-state index contributed by atoms with van der Waals surface area (Å²) in [7, 11) is 0. The predicted octanol–water partition coefficient (Wildman–Crippen LogP) is 3.49. The first-order chi connectivity index (χ1) is 17.1. The molecule has 2 fully saturated rings. The number of benzene rings is 1. The highest BCUT2D eigenvalue weighted by molar-refractivity contribution is 6.30. The molecule has 3 atom stereocenters. The molecule has 11 heteroatoms. The lowest BCUT2D eigenvalue weighted by Crippen LogP contribution is -2.48. The Balaban J connectivity index is 1.39. The van der Waals surface area contributed by atoms with Crippen molar-refractivity contribution in [2.75, 3.05) is 0 Å². The Morgan fingerprint density at radius 2 is 1.97 bits per heavy atom. The Morgan fingerprint density at radius 1 is 1.19 bits per heavy atom. The van der Waals surface area contributed by atoms with E-state index in [1.54, 1.807) is 24.3 Å². The standard InChI is InChI=1S/C25H22ClFN4O5/c1-13(32)18-11-29(23-17(18)5-6-19(28-23)25(35)36)12-22(33)31-20-8-15(20)9-21(31)24(34)30(27)10-14-3-2-4-16(26)7-14/h2-7,11,15,20-21H,8-10,12H2,1H3,(H,35,36)/t15-,20-,21+/m1/s1. The number of carboxylic acid groups (broad SMARTS) is 1. The van der Waals surface area contributed by atoms with Crippen LogP contribution >= 0.6 is 11.6 Å². The first kappa shape index (κ1) is 23.9. The molecule has 0 unspecified atom stereocenters. The Hall–Kier alpha value is -3.79. The molecule has 3 heterocycles. The second kappa shape index (κ2) is 9.02. The number of ketones is 1. The Labute approximate surface area is 210 Å². The van der Waals surface area contributed by atoms with Gasteiger partial charge in [0.15, 0.2) is 11.5 Å². The summed E-state index contributed by atoms with van der Waals surface area (Å²) in [6.45, 7) is 0.804. The van der Waals surface area contributed by atoms with Crippen molar-refractivity contribution in [3.8, 4) is 0 Å². The molecule has 1 aromatic carbocycles. The van der Waals surface area contributed by atoms with Gasteiger partial charge in [-0.25, -0.2) is 9.78 Å². The van der Waals surface area contributed by atoms with E-state index in [2.05, 4.69) is 4.98 Å². The molecule has 0 radical (unpaired) electrons. The topological polar surface area (TPSA) is 113 Å². The van der Waals surface area contributed by atoms with Gasteiger partial charge in [-0.05, 0) is 55.5 Å². The van der Waals surface area contributed by atoms with E-state index >= 15 is 0 Å². The second-order valence-electron chi connectivity index (χ2n) is 9.20. The SMILES string of the molecule is CC(=O)c1cn(CC(=O)N2[C@@H]3C[C@@H]3C[C@H]2C(=O)N(F)Cc2cccc(Cl)c2)c2nc(C(=O)O)ccc12. The van der Waals surface area contributed by atoms with Gasteiger partial charge in [0.25, 0.3) is 5.91 Å². The number of pyridine rings is 1. The highest BCUT2D eigenvalue weighted by atomic mass is 35.5. The third-order valence-corrected chi connectivity index (χ3v) is 6.99. The number of carbonyl (C=O) groups excluding carboxylic acids is 3. The van der Waals surface area contributed by atoms with E-state index in [1.165, 1.54) is 34.7 Å². The van der Waals surface area contributed by atoms with Gasteiger partial charge in [-0.1, -0.05) is 28.2 Å². The van der Waals surface area contributed by atoms with E-state index in [1.807, 2.05) is 0 Å². The average molecular weight is 513 g/mol. The monoisotopic (exact) mass is 512 g/mol. The zero-order valence-electron chi connectivity index (χ0n) is 19.2. The number of likely N-dealkylation sites (tertiary alicyclic amines) is 1. The number of carboxylic acids is 1. The maximum absolute atomic E-state index is 14.9. The number of rotatable bonds is 7. The number of amides is 2. The van der Waals surface area contributed by atoms with Crippen LogP contribution in [-0.2, 0) is 22.7 Å². The fourth-order valence-corrected chi connectivity index (χ4v) is 5.20. The number of fused-ring (bicyclic) bond motifs is 2. The van der Waals surface area contributed by atoms with Crippen LogP contribution in [0.5, 0.6) is 0 Å². The van der Waals surface area contributed by atoms with Crippen molar-refractivity contribution >= 4 is 46.2 Å². The second-order valence-corrected chi connectivity index (χ2v) is 9.64. The molecule has 3 aromatic rings. The molecule has 36 heavy (non-hydrogen) atoms. The first-order valence-electron chi connectivity index (χ1n) is 11.4. The van der Waals surface area contributed by atoms with Crippen molar-refractivity contribution in [2.45, 2.75) is 44.9 Å². The summed E-state index contributed by atoms with van der Waals surface area (Å²) in [5.74, 6) is -2.60. The fourth-order valence-electron chi connectivity index (χ4n) is 4.98.